The SMILES string of the molecule is Cc1nc2c(-c3cc(C(F)(F)F)ccc3OCC(C)C)cccn2n1. The zero-order valence-electron chi connectivity index (χ0n) is 14.1. The van der Waals surface area contributed by atoms with E-state index in [0.717, 1.165) is 12.1 Å². The third kappa shape index (κ3) is 3.60. The van der Waals surface area contributed by atoms with Gasteiger partial charge in [-0.15, -0.1) is 0 Å². The maximum atomic E-state index is 13.2. The lowest BCUT2D eigenvalue weighted by atomic mass is 10.0. The van der Waals surface area contributed by atoms with E-state index in [1.54, 1.807) is 29.8 Å². The standard InChI is InChI=1S/C18H18F3N3O/c1-11(2)10-25-16-7-6-13(18(19,20)21)9-15(16)14-5-4-8-24-17(14)22-12(3)23-24/h4-9,11H,10H2,1-3H3. The number of benzene rings is 1. The highest BCUT2D eigenvalue weighted by molar-refractivity contribution is 5.81. The molecule has 7 heteroatoms. The number of nitrogens with zero attached hydrogens (tertiary/aromatic N) is 3. The van der Waals surface area contributed by atoms with E-state index in [-0.39, 0.29) is 5.92 Å². The molecule has 25 heavy (non-hydrogen) atoms. The first-order valence-corrected chi connectivity index (χ1v) is 7.92. The van der Waals surface area contributed by atoms with Crippen LogP contribution in [0.2, 0.25) is 0 Å². The Bertz CT molecular complexity index is 900. The molecule has 0 aliphatic rings. The first kappa shape index (κ1) is 17.3. The molecular formula is C18H18F3N3O. The van der Waals surface area contributed by atoms with E-state index in [9.17, 15) is 13.2 Å². The van der Waals surface area contributed by atoms with Crippen molar-refractivity contribution < 1.29 is 17.9 Å². The van der Waals surface area contributed by atoms with Crippen LogP contribution in [0.4, 0.5) is 13.2 Å². The fourth-order valence-corrected chi connectivity index (χ4v) is 2.52. The van der Waals surface area contributed by atoms with Crippen molar-refractivity contribution in [2.24, 2.45) is 5.92 Å². The number of hydrogen-bond donors (Lipinski definition) is 0. The van der Waals surface area contributed by atoms with Gasteiger partial charge in [-0.1, -0.05) is 13.8 Å². The van der Waals surface area contributed by atoms with Crippen molar-refractivity contribution in [3.63, 3.8) is 0 Å². The summed E-state index contributed by atoms with van der Waals surface area (Å²) in [5, 5.41) is 4.22. The van der Waals surface area contributed by atoms with Gasteiger partial charge < -0.3 is 4.74 Å². The maximum absolute atomic E-state index is 13.2. The lowest BCUT2D eigenvalue weighted by molar-refractivity contribution is -0.137. The Hall–Kier alpha value is -2.57. The minimum absolute atomic E-state index is 0.251. The molecule has 0 fully saturated rings. The van der Waals surface area contributed by atoms with E-state index < -0.39 is 11.7 Å². The number of halogens is 3. The lowest BCUT2D eigenvalue weighted by Gasteiger charge is -2.16. The fourth-order valence-electron chi connectivity index (χ4n) is 2.52. The lowest BCUT2D eigenvalue weighted by Crippen LogP contribution is -2.08. The molecule has 0 saturated carbocycles. The minimum atomic E-state index is -4.43. The average Bonchev–Trinajstić information content (AvgIpc) is 2.92. The highest BCUT2D eigenvalue weighted by Gasteiger charge is 2.31. The molecule has 0 atom stereocenters. The van der Waals surface area contributed by atoms with Gasteiger partial charge in [0.05, 0.1) is 12.2 Å². The average molecular weight is 349 g/mol. The van der Waals surface area contributed by atoms with E-state index in [4.69, 9.17) is 4.74 Å². The van der Waals surface area contributed by atoms with Crippen molar-refractivity contribution in [1.82, 2.24) is 14.6 Å². The second kappa shape index (κ2) is 6.38. The molecule has 0 amide bonds. The summed E-state index contributed by atoms with van der Waals surface area (Å²) in [5.74, 6) is 1.20. The normalized spacial score (nSPS) is 12.1. The first-order chi connectivity index (χ1) is 11.8. The van der Waals surface area contributed by atoms with Crippen LogP contribution in [0, 0.1) is 12.8 Å². The molecule has 0 radical (unpaired) electrons. The van der Waals surface area contributed by atoms with Crippen LogP contribution in [0.5, 0.6) is 5.75 Å². The van der Waals surface area contributed by atoms with Gasteiger partial charge in [-0.2, -0.15) is 18.3 Å². The van der Waals surface area contributed by atoms with Gasteiger partial charge >= 0.3 is 6.18 Å². The molecule has 2 heterocycles. The minimum Gasteiger partial charge on any atom is -0.493 e. The highest BCUT2D eigenvalue weighted by atomic mass is 19.4. The molecule has 2 aromatic heterocycles. The summed E-state index contributed by atoms with van der Waals surface area (Å²) >= 11 is 0. The summed E-state index contributed by atoms with van der Waals surface area (Å²) in [5.41, 5.74) is 0.674. The van der Waals surface area contributed by atoms with Crippen molar-refractivity contribution in [2.45, 2.75) is 26.9 Å². The number of pyridine rings is 1. The molecular weight excluding hydrogens is 331 g/mol. The molecule has 0 spiro atoms. The van der Waals surface area contributed by atoms with Gasteiger partial charge in [-0.05, 0) is 43.2 Å². The largest absolute Gasteiger partial charge is 0.493 e. The van der Waals surface area contributed by atoms with E-state index in [1.165, 1.54) is 6.07 Å². The van der Waals surface area contributed by atoms with E-state index in [1.807, 2.05) is 13.8 Å². The second-order valence-corrected chi connectivity index (χ2v) is 6.26. The molecule has 1 aromatic carbocycles. The molecule has 3 aromatic rings. The summed E-state index contributed by atoms with van der Waals surface area (Å²) in [6.45, 7) is 6.10. The Morgan fingerprint density at radius 1 is 1.16 bits per heavy atom. The smallest absolute Gasteiger partial charge is 0.416 e. The summed E-state index contributed by atoms with van der Waals surface area (Å²) in [6.07, 6.45) is -2.72. The van der Waals surface area contributed by atoms with Gasteiger partial charge in [0.25, 0.3) is 0 Å². The van der Waals surface area contributed by atoms with Crippen LogP contribution < -0.4 is 4.74 Å². The zero-order valence-corrected chi connectivity index (χ0v) is 14.1. The number of ether oxygens (including phenoxy) is 1. The fraction of sp³-hybridized carbons (Fsp3) is 0.333. The number of aromatic nitrogens is 3. The summed E-state index contributed by atoms with van der Waals surface area (Å²) < 4.78 is 46.8. The Kier molecular flexibility index (Phi) is 4.41. The Balaban J connectivity index is 2.19. The zero-order chi connectivity index (χ0) is 18.2. The molecule has 0 bridgehead atoms. The van der Waals surface area contributed by atoms with Crippen molar-refractivity contribution >= 4 is 5.65 Å². The van der Waals surface area contributed by atoms with E-state index in [2.05, 4.69) is 10.1 Å². The van der Waals surface area contributed by atoms with Crippen molar-refractivity contribution in [3.8, 4) is 16.9 Å². The molecule has 132 valence electrons. The van der Waals surface area contributed by atoms with Crippen LogP contribution in [0.15, 0.2) is 36.5 Å². The number of alkyl halides is 3. The highest BCUT2D eigenvalue weighted by Crippen LogP contribution is 2.38. The monoisotopic (exact) mass is 349 g/mol. The predicted octanol–water partition coefficient (Wildman–Crippen LogP) is 4.76. The van der Waals surface area contributed by atoms with Gasteiger partial charge in [-0.3, -0.25) is 0 Å². The Morgan fingerprint density at radius 2 is 1.92 bits per heavy atom. The number of hydrogen-bond acceptors (Lipinski definition) is 3. The molecule has 0 N–H and O–H groups in total. The van der Waals surface area contributed by atoms with Crippen LogP contribution in [0.1, 0.15) is 25.2 Å². The summed E-state index contributed by atoms with van der Waals surface area (Å²) in [6, 6.07) is 6.96. The number of rotatable bonds is 4. The van der Waals surface area contributed by atoms with Crippen molar-refractivity contribution in [2.75, 3.05) is 6.61 Å². The van der Waals surface area contributed by atoms with E-state index >= 15 is 0 Å². The molecule has 3 rings (SSSR count). The van der Waals surface area contributed by atoms with Crippen LogP contribution in [-0.2, 0) is 6.18 Å². The van der Waals surface area contributed by atoms with Crippen LogP contribution in [0.3, 0.4) is 0 Å². The van der Waals surface area contributed by atoms with Gasteiger partial charge in [0, 0.05) is 17.3 Å². The van der Waals surface area contributed by atoms with Crippen molar-refractivity contribution in [1.29, 1.82) is 0 Å². The topological polar surface area (TPSA) is 39.4 Å². The number of aryl methyl sites for hydroxylation is 1. The van der Waals surface area contributed by atoms with Crippen LogP contribution in [-0.4, -0.2) is 21.2 Å². The quantitative estimate of drug-likeness (QED) is 0.682. The second-order valence-electron chi connectivity index (χ2n) is 6.26. The maximum Gasteiger partial charge on any atom is 0.416 e. The van der Waals surface area contributed by atoms with Gasteiger partial charge in [0.1, 0.15) is 11.6 Å². The molecule has 0 saturated heterocycles. The third-order valence-corrected chi connectivity index (χ3v) is 3.64. The number of fused-ring (bicyclic) bond motifs is 1. The molecule has 4 nitrogen and oxygen atoms in total. The Morgan fingerprint density at radius 3 is 2.60 bits per heavy atom. The van der Waals surface area contributed by atoms with Crippen molar-refractivity contribution in [3.05, 3.63) is 47.9 Å². The third-order valence-electron chi connectivity index (χ3n) is 3.64. The van der Waals surface area contributed by atoms with Gasteiger partial charge in [-0.25, -0.2) is 9.50 Å². The molecule has 0 aliphatic heterocycles. The van der Waals surface area contributed by atoms with Gasteiger partial charge in [0.15, 0.2) is 5.65 Å². The Labute approximate surface area is 143 Å². The first-order valence-electron chi connectivity index (χ1n) is 7.92. The summed E-state index contributed by atoms with van der Waals surface area (Å²) in [7, 11) is 0. The van der Waals surface area contributed by atoms with Crippen LogP contribution >= 0.6 is 0 Å². The van der Waals surface area contributed by atoms with E-state index in [0.29, 0.717) is 35.0 Å². The van der Waals surface area contributed by atoms with Gasteiger partial charge in [0.2, 0.25) is 0 Å². The molecule has 0 unspecified atom stereocenters. The molecule has 0 aliphatic carbocycles. The predicted molar refractivity (Wildman–Crippen MR) is 88.5 cm³/mol. The van der Waals surface area contributed by atoms with Crippen LogP contribution in [0.25, 0.3) is 16.8 Å². The summed E-state index contributed by atoms with van der Waals surface area (Å²) in [4.78, 5) is 4.33.